The Labute approximate surface area is 194 Å². The lowest BCUT2D eigenvalue weighted by atomic mass is 9.80. The van der Waals surface area contributed by atoms with Crippen molar-refractivity contribution in [1.29, 1.82) is 0 Å². The molecule has 0 fully saturated rings. The molecule has 1 unspecified atom stereocenters. The summed E-state index contributed by atoms with van der Waals surface area (Å²) in [5.74, 6) is -1.04. The minimum atomic E-state index is -4.54. The number of esters is 1. The number of halogens is 3. The normalized spacial score (nSPS) is 16.5. The SMILES string of the molecule is COC(=O)C1=C(C)NC(C)=C(c2nc(Cc3ccccc3)no2)C1c1cccc(C(F)(F)F)c1. The van der Waals surface area contributed by atoms with Crippen molar-refractivity contribution in [2.45, 2.75) is 32.4 Å². The molecule has 1 atom stereocenters. The molecule has 9 heteroatoms. The van der Waals surface area contributed by atoms with E-state index in [1.807, 2.05) is 30.3 Å². The molecule has 0 amide bonds. The molecular weight excluding hydrogens is 447 g/mol. The second-order valence-electron chi connectivity index (χ2n) is 7.93. The highest BCUT2D eigenvalue weighted by Gasteiger charge is 2.38. The average Bonchev–Trinajstić information content (AvgIpc) is 3.26. The summed E-state index contributed by atoms with van der Waals surface area (Å²) in [6.45, 7) is 3.41. The molecule has 0 saturated heterocycles. The van der Waals surface area contributed by atoms with E-state index in [4.69, 9.17) is 9.26 Å². The molecule has 0 bridgehead atoms. The van der Waals surface area contributed by atoms with Crippen molar-refractivity contribution in [3.05, 3.63) is 100.0 Å². The van der Waals surface area contributed by atoms with Crippen LogP contribution in [0.1, 0.15) is 48.2 Å². The van der Waals surface area contributed by atoms with E-state index in [0.29, 0.717) is 29.2 Å². The van der Waals surface area contributed by atoms with Crippen LogP contribution in [-0.2, 0) is 22.1 Å². The number of hydrogen-bond acceptors (Lipinski definition) is 6. The summed E-state index contributed by atoms with van der Waals surface area (Å²) in [4.78, 5) is 17.2. The molecule has 176 valence electrons. The molecule has 1 N–H and O–H groups in total. The Morgan fingerprint density at radius 3 is 2.50 bits per heavy atom. The summed E-state index contributed by atoms with van der Waals surface area (Å²) in [5.41, 5.74) is 2.05. The standard InChI is InChI=1S/C25H22F3N3O3/c1-14-20(23-30-19(31-34-23)12-16-8-5-4-6-9-16)22(21(15(2)29-14)24(32)33-3)17-10-7-11-18(13-17)25(26,27)28/h4-11,13,22,29H,12H2,1-3H3. The third-order valence-corrected chi connectivity index (χ3v) is 5.62. The third kappa shape index (κ3) is 4.59. The van der Waals surface area contributed by atoms with Crippen LogP contribution in [0, 0.1) is 0 Å². The minimum Gasteiger partial charge on any atom is -0.466 e. The fraction of sp³-hybridized carbons (Fsp3) is 0.240. The lowest BCUT2D eigenvalue weighted by molar-refractivity contribution is -0.137. The van der Waals surface area contributed by atoms with E-state index in [1.54, 1.807) is 13.8 Å². The van der Waals surface area contributed by atoms with Gasteiger partial charge in [0.2, 0.25) is 0 Å². The summed E-state index contributed by atoms with van der Waals surface area (Å²) in [6.07, 6.45) is -4.13. The number of rotatable bonds is 5. The molecule has 6 nitrogen and oxygen atoms in total. The van der Waals surface area contributed by atoms with Gasteiger partial charge in [-0.1, -0.05) is 53.7 Å². The number of dihydropyridines is 1. The maximum atomic E-state index is 13.5. The molecule has 3 aromatic rings. The van der Waals surface area contributed by atoms with Gasteiger partial charge in [-0.05, 0) is 31.0 Å². The number of hydrogen-bond donors (Lipinski definition) is 1. The van der Waals surface area contributed by atoms with Crippen LogP contribution in [0.5, 0.6) is 0 Å². The van der Waals surface area contributed by atoms with Gasteiger partial charge in [0, 0.05) is 23.4 Å². The molecule has 0 saturated carbocycles. The van der Waals surface area contributed by atoms with Crippen molar-refractivity contribution < 1.29 is 27.2 Å². The van der Waals surface area contributed by atoms with Gasteiger partial charge in [0.15, 0.2) is 5.82 Å². The number of alkyl halides is 3. The number of carbonyl (C=O) groups is 1. The Bertz CT molecular complexity index is 1280. The molecule has 34 heavy (non-hydrogen) atoms. The van der Waals surface area contributed by atoms with Crippen molar-refractivity contribution >= 4 is 11.5 Å². The predicted octanol–water partition coefficient (Wildman–Crippen LogP) is 5.24. The zero-order valence-corrected chi connectivity index (χ0v) is 18.7. The molecule has 2 aromatic carbocycles. The van der Waals surface area contributed by atoms with E-state index >= 15 is 0 Å². The second-order valence-corrected chi connectivity index (χ2v) is 7.93. The molecule has 2 heterocycles. The number of nitrogens with one attached hydrogen (secondary N) is 1. The number of benzene rings is 2. The first-order chi connectivity index (χ1) is 16.2. The Kier molecular flexibility index (Phi) is 6.28. The Morgan fingerprint density at radius 1 is 1.09 bits per heavy atom. The highest BCUT2D eigenvalue weighted by atomic mass is 19.4. The number of nitrogens with zero attached hydrogens (tertiary/aromatic N) is 2. The van der Waals surface area contributed by atoms with Gasteiger partial charge < -0.3 is 14.6 Å². The number of aromatic nitrogens is 2. The van der Waals surface area contributed by atoms with Crippen LogP contribution in [0.2, 0.25) is 0 Å². The van der Waals surface area contributed by atoms with Crippen LogP contribution in [-0.4, -0.2) is 23.2 Å². The van der Waals surface area contributed by atoms with Crippen molar-refractivity contribution in [2.24, 2.45) is 0 Å². The summed E-state index contributed by atoms with van der Waals surface area (Å²) in [6, 6.07) is 14.4. The van der Waals surface area contributed by atoms with Crippen LogP contribution in [0.25, 0.3) is 5.57 Å². The number of allylic oxidation sites excluding steroid dienone is 3. The number of carbonyl (C=O) groups excluding carboxylic acids is 1. The van der Waals surface area contributed by atoms with Gasteiger partial charge in [0.05, 0.1) is 24.2 Å². The van der Waals surface area contributed by atoms with E-state index < -0.39 is 23.6 Å². The first kappa shape index (κ1) is 23.3. The van der Waals surface area contributed by atoms with Crippen LogP contribution in [0.3, 0.4) is 0 Å². The first-order valence-electron chi connectivity index (χ1n) is 10.5. The van der Waals surface area contributed by atoms with Gasteiger partial charge in [0.1, 0.15) is 0 Å². The first-order valence-corrected chi connectivity index (χ1v) is 10.5. The smallest absolute Gasteiger partial charge is 0.416 e. The maximum Gasteiger partial charge on any atom is 0.416 e. The molecule has 0 spiro atoms. The molecular formula is C25H22F3N3O3. The molecule has 1 aromatic heterocycles. The highest BCUT2D eigenvalue weighted by Crippen LogP contribution is 2.44. The van der Waals surface area contributed by atoms with E-state index in [-0.39, 0.29) is 17.0 Å². The van der Waals surface area contributed by atoms with Gasteiger partial charge in [0.25, 0.3) is 5.89 Å². The highest BCUT2D eigenvalue weighted by molar-refractivity contribution is 5.96. The van der Waals surface area contributed by atoms with Gasteiger partial charge in [-0.2, -0.15) is 18.2 Å². The second kappa shape index (κ2) is 9.17. The summed E-state index contributed by atoms with van der Waals surface area (Å²) < 4.78 is 50.9. The lowest BCUT2D eigenvalue weighted by Crippen LogP contribution is -2.28. The van der Waals surface area contributed by atoms with Gasteiger partial charge in [-0.15, -0.1) is 0 Å². The fourth-order valence-electron chi connectivity index (χ4n) is 4.10. The minimum absolute atomic E-state index is 0.118. The van der Waals surface area contributed by atoms with E-state index in [0.717, 1.165) is 17.7 Å². The summed E-state index contributed by atoms with van der Waals surface area (Å²) >= 11 is 0. The lowest BCUT2D eigenvalue weighted by Gasteiger charge is -2.30. The number of ether oxygens (including phenoxy) is 1. The topological polar surface area (TPSA) is 77.2 Å². The van der Waals surface area contributed by atoms with Crippen LogP contribution < -0.4 is 5.32 Å². The van der Waals surface area contributed by atoms with Gasteiger partial charge in [-0.25, -0.2) is 4.79 Å². The predicted molar refractivity (Wildman–Crippen MR) is 118 cm³/mol. The summed E-state index contributed by atoms with van der Waals surface area (Å²) in [5, 5.41) is 7.16. The Balaban J connectivity index is 1.82. The van der Waals surface area contributed by atoms with Crippen molar-refractivity contribution in [3.8, 4) is 0 Å². The molecule has 1 aliphatic rings. The third-order valence-electron chi connectivity index (χ3n) is 5.62. The van der Waals surface area contributed by atoms with Crippen molar-refractivity contribution in [3.63, 3.8) is 0 Å². The van der Waals surface area contributed by atoms with Crippen molar-refractivity contribution in [1.82, 2.24) is 15.5 Å². The zero-order chi connectivity index (χ0) is 24.5. The molecule has 4 rings (SSSR count). The monoisotopic (exact) mass is 469 g/mol. The largest absolute Gasteiger partial charge is 0.466 e. The van der Waals surface area contributed by atoms with Crippen LogP contribution >= 0.6 is 0 Å². The van der Waals surface area contributed by atoms with Crippen LogP contribution in [0.15, 0.2) is 76.1 Å². The average molecular weight is 469 g/mol. The van der Waals surface area contributed by atoms with Gasteiger partial charge in [-0.3, -0.25) is 0 Å². The molecule has 0 aliphatic carbocycles. The zero-order valence-electron chi connectivity index (χ0n) is 18.7. The van der Waals surface area contributed by atoms with Crippen molar-refractivity contribution in [2.75, 3.05) is 7.11 Å². The van der Waals surface area contributed by atoms with Crippen LogP contribution in [0.4, 0.5) is 13.2 Å². The number of methoxy groups -OCH3 is 1. The van der Waals surface area contributed by atoms with E-state index in [2.05, 4.69) is 15.5 Å². The fourth-order valence-corrected chi connectivity index (χ4v) is 4.10. The van der Waals surface area contributed by atoms with E-state index in [1.165, 1.54) is 19.2 Å². The summed E-state index contributed by atoms with van der Waals surface area (Å²) in [7, 11) is 1.22. The quantitative estimate of drug-likeness (QED) is 0.515. The van der Waals surface area contributed by atoms with E-state index in [9.17, 15) is 18.0 Å². The molecule has 0 radical (unpaired) electrons. The Hall–Kier alpha value is -3.88. The molecule has 1 aliphatic heterocycles. The Morgan fingerprint density at radius 2 is 1.82 bits per heavy atom. The maximum absolute atomic E-state index is 13.5. The van der Waals surface area contributed by atoms with Gasteiger partial charge >= 0.3 is 12.1 Å².